The maximum atomic E-state index is 5.47. The van der Waals surface area contributed by atoms with E-state index >= 15 is 0 Å². The SMILES string of the molecule is CCNC(=NCc1ccc2c(c1)OCO2)NC1CCN(Cc2cc(OC)cc(OC)c2)C1.I. The number of guanidine groups is 1. The highest BCUT2D eigenvalue weighted by atomic mass is 127. The third-order valence-corrected chi connectivity index (χ3v) is 5.63. The van der Waals surface area contributed by atoms with Gasteiger partial charge in [-0.15, -0.1) is 24.0 Å². The molecule has 0 aromatic heterocycles. The van der Waals surface area contributed by atoms with Gasteiger partial charge in [0.1, 0.15) is 11.5 Å². The molecule has 1 unspecified atom stereocenters. The second-order valence-electron chi connectivity index (χ2n) is 7.97. The highest BCUT2D eigenvalue weighted by molar-refractivity contribution is 14.0. The monoisotopic (exact) mass is 568 g/mol. The molecule has 0 saturated carbocycles. The molecule has 180 valence electrons. The van der Waals surface area contributed by atoms with Crippen molar-refractivity contribution in [3.63, 3.8) is 0 Å². The van der Waals surface area contributed by atoms with Gasteiger partial charge in [-0.05, 0) is 48.7 Å². The second kappa shape index (κ2) is 12.2. The van der Waals surface area contributed by atoms with Gasteiger partial charge in [0.25, 0.3) is 0 Å². The first kappa shape index (κ1) is 25.2. The van der Waals surface area contributed by atoms with Gasteiger partial charge in [0.05, 0.1) is 20.8 Å². The van der Waals surface area contributed by atoms with Crippen LogP contribution in [0.4, 0.5) is 0 Å². The summed E-state index contributed by atoms with van der Waals surface area (Å²) >= 11 is 0. The number of hydrogen-bond acceptors (Lipinski definition) is 6. The lowest BCUT2D eigenvalue weighted by Gasteiger charge is -2.19. The fraction of sp³-hybridized carbons (Fsp3) is 0.458. The Kier molecular flexibility index (Phi) is 9.30. The molecule has 2 aromatic rings. The van der Waals surface area contributed by atoms with Gasteiger partial charge in [0.2, 0.25) is 6.79 Å². The molecule has 2 aromatic carbocycles. The van der Waals surface area contributed by atoms with Crippen LogP contribution in [0.15, 0.2) is 41.4 Å². The van der Waals surface area contributed by atoms with Crippen molar-refractivity contribution in [1.29, 1.82) is 0 Å². The molecule has 0 aliphatic carbocycles. The summed E-state index contributed by atoms with van der Waals surface area (Å²) in [5.74, 6) is 4.05. The number of methoxy groups -OCH3 is 2. The lowest BCUT2D eigenvalue weighted by atomic mass is 10.2. The number of halogens is 1. The number of aliphatic imine (C=N–C) groups is 1. The van der Waals surface area contributed by atoms with Crippen molar-refractivity contribution in [2.24, 2.45) is 4.99 Å². The summed E-state index contributed by atoms with van der Waals surface area (Å²) in [5, 5.41) is 6.95. The predicted molar refractivity (Wildman–Crippen MR) is 139 cm³/mol. The molecule has 1 atom stereocenters. The smallest absolute Gasteiger partial charge is 0.231 e. The summed E-state index contributed by atoms with van der Waals surface area (Å²) in [5.41, 5.74) is 2.27. The van der Waals surface area contributed by atoms with Gasteiger partial charge in [0.15, 0.2) is 17.5 Å². The minimum Gasteiger partial charge on any atom is -0.497 e. The molecule has 0 bridgehead atoms. The maximum absolute atomic E-state index is 5.47. The molecule has 2 N–H and O–H groups in total. The van der Waals surface area contributed by atoms with E-state index in [0.717, 1.165) is 67.1 Å². The number of hydrogen-bond donors (Lipinski definition) is 2. The molecular weight excluding hydrogens is 535 g/mol. The largest absolute Gasteiger partial charge is 0.497 e. The summed E-state index contributed by atoms with van der Waals surface area (Å²) < 4.78 is 21.7. The van der Waals surface area contributed by atoms with Crippen molar-refractivity contribution in [2.45, 2.75) is 32.5 Å². The van der Waals surface area contributed by atoms with E-state index in [-0.39, 0.29) is 30.8 Å². The van der Waals surface area contributed by atoms with Crippen LogP contribution >= 0.6 is 24.0 Å². The highest BCUT2D eigenvalue weighted by Crippen LogP contribution is 2.32. The number of fused-ring (bicyclic) bond motifs is 1. The second-order valence-corrected chi connectivity index (χ2v) is 7.97. The molecule has 33 heavy (non-hydrogen) atoms. The van der Waals surface area contributed by atoms with E-state index in [1.807, 2.05) is 24.3 Å². The lowest BCUT2D eigenvalue weighted by molar-refractivity contribution is 0.174. The van der Waals surface area contributed by atoms with Gasteiger partial charge in [-0.25, -0.2) is 4.99 Å². The zero-order valence-electron chi connectivity index (χ0n) is 19.4. The molecule has 2 aliphatic heterocycles. The Morgan fingerprint density at radius 2 is 1.82 bits per heavy atom. The van der Waals surface area contributed by atoms with E-state index in [0.29, 0.717) is 12.6 Å². The van der Waals surface area contributed by atoms with E-state index in [9.17, 15) is 0 Å². The fourth-order valence-corrected chi connectivity index (χ4v) is 4.03. The van der Waals surface area contributed by atoms with E-state index in [1.165, 1.54) is 5.56 Å². The molecule has 0 radical (unpaired) electrons. The van der Waals surface area contributed by atoms with Crippen LogP contribution in [-0.4, -0.2) is 57.5 Å². The molecule has 4 rings (SSSR count). The molecule has 2 aliphatic rings. The van der Waals surface area contributed by atoms with Crippen LogP contribution < -0.4 is 29.6 Å². The van der Waals surface area contributed by atoms with Gasteiger partial charge >= 0.3 is 0 Å². The topological polar surface area (TPSA) is 76.6 Å². The fourth-order valence-electron chi connectivity index (χ4n) is 4.03. The van der Waals surface area contributed by atoms with Crippen LogP contribution in [0, 0.1) is 0 Å². The van der Waals surface area contributed by atoms with Gasteiger partial charge in [-0.3, -0.25) is 4.90 Å². The predicted octanol–water partition coefficient (Wildman–Crippen LogP) is 3.38. The Balaban J connectivity index is 0.00000306. The third-order valence-electron chi connectivity index (χ3n) is 5.63. The van der Waals surface area contributed by atoms with Crippen LogP contribution in [-0.2, 0) is 13.1 Å². The number of nitrogens with one attached hydrogen (secondary N) is 2. The van der Waals surface area contributed by atoms with E-state index in [4.69, 9.17) is 23.9 Å². The highest BCUT2D eigenvalue weighted by Gasteiger charge is 2.23. The summed E-state index contributed by atoms with van der Waals surface area (Å²) in [6, 6.07) is 12.3. The first-order valence-corrected chi connectivity index (χ1v) is 11.0. The Labute approximate surface area is 212 Å². The van der Waals surface area contributed by atoms with Crippen molar-refractivity contribution in [2.75, 3.05) is 40.6 Å². The summed E-state index contributed by atoms with van der Waals surface area (Å²) in [7, 11) is 3.36. The van der Waals surface area contributed by atoms with Crippen molar-refractivity contribution in [3.05, 3.63) is 47.5 Å². The molecule has 0 amide bonds. The molecule has 2 heterocycles. The lowest BCUT2D eigenvalue weighted by Crippen LogP contribution is -2.44. The third kappa shape index (κ3) is 6.80. The standard InChI is InChI=1S/C24H32N4O4.HI/c1-4-25-24(26-13-17-5-6-22-23(11-17)32-16-31-22)27-19-7-8-28(15-19)14-18-9-20(29-2)12-21(10-18)30-3;/h5-6,9-12,19H,4,7-8,13-16H2,1-3H3,(H2,25,26,27);1H. The minimum absolute atomic E-state index is 0. The van der Waals surface area contributed by atoms with Gasteiger partial charge in [-0.2, -0.15) is 0 Å². The Bertz CT molecular complexity index is 934. The first-order chi connectivity index (χ1) is 15.7. The summed E-state index contributed by atoms with van der Waals surface area (Å²) in [6.45, 7) is 6.59. The van der Waals surface area contributed by atoms with Crippen LogP contribution in [0.3, 0.4) is 0 Å². The van der Waals surface area contributed by atoms with Gasteiger partial charge in [-0.1, -0.05) is 6.07 Å². The number of benzene rings is 2. The van der Waals surface area contributed by atoms with E-state index in [1.54, 1.807) is 14.2 Å². The molecule has 1 fully saturated rings. The van der Waals surface area contributed by atoms with Crippen molar-refractivity contribution < 1.29 is 18.9 Å². The number of rotatable bonds is 8. The minimum atomic E-state index is 0. The Hall–Kier alpha value is -2.40. The zero-order chi connectivity index (χ0) is 22.3. The normalized spacial score (nSPS) is 17.4. The number of nitrogens with zero attached hydrogens (tertiary/aromatic N) is 2. The summed E-state index contributed by atoms with van der Waals surface area (Å²) in [6.07, 6.45) is 1.07. The molecule has 1 saturated heterocycles. The van der Waals surface area contributed by atoms with Crippen molar-refractivity contribution in [1.82, 2.24) is 15.5 Å². The van der Waals surface area contributed by atoms with Crippen LogP contribution in [0.5, 0.6) is 23.0 Å². The maximum Gasteiger partial charge on any atom is 0.231 e. The van der Waals surface area contributed by atoms with Crippen LogP contribution in [0.1, 0.15) is 24.5 Å². The van der Waals surface area contributed by atoms with E-state index in [2.05, 4.69) is 34.6 Å². The molecule has 8 nitrogen and oxygen atoms in total. The number of ether oxygens (including phenoxy) is 4. The Morgan fingerprint density at radius 1 is 1.06 bits per heavy atom. The zero-order valence-corrected chi connectivity index (χ0v) is 21.8. The number of likely N-dealkylation sites (tertiary alicyclic amines) is 1. The van der Waals surface area contributed by atoms with Gasteiger partial charge < -0.3 is 29.6 Å². The molecule has 0 spiro atoms. The summed E-state index contributed by atoms with van der Waals surface area (Å²) in [4.78, 5) is 7.21. The average Bonchev–Trinajstić information content (AvgIpc) is 3.46. The van der Waals surface area contributed by atoms with Crippen molar-refractivity contribution in [3.8, 4) is 23.0 Å². The van der Waals surface area contributed by atoms with Gasteiger partial charge in [0, 0.05) is 38.3 Å². The van der Waals surface area contributed by atoms with Crippen molar-refractivity contribution >= 4 is 29.9 Å². The average molecular weight is 568 g/mol. The quantitative estimate of drug-likeness (QED) is 0.288. The van der Waals surface area contributed by atoms with Crippen LogP contribution in [0.25, 0.3) is 0 Å². The molecule has 9 heteroatoms. The Morgan fingerprint density at radius 3 is 2.55 bits per heavy atom. The first-order valence-electron chi connectivity index (χ1n) is 11.0. The van der Waals surface area contributed by atoms with Crippen LogP contribution in [0.2, 0.25) is 0 Å². The molecular formula is C24H33IN4O4. The van der Waals surface area contributed by atoms with E-state index < -0.39 is 0 Å².